The number of nitrogens with zero attached hydrogens (tertiary/aromatic N) is 1. The van der Waals surface area contributed by atoms with E-state index >= 15 is 0 Å². The number of hydrogen-bond acceptors (Lipinski definition) is 5. The molecule has 0 fully saturated rings. The van der Waals surface area contributed by atoms with Gasteiger partial charge in [-0.25, -0.2) is 0 Å². The van der Waals surface area contributed by atoms with Crippen molar-refractivity contribution >= 4 is 11.9 Å². The Kier molecular flexibility index (Phi) is 5.03. The average Bonchev–Trinajstić information content (AvgIpc) is 2.51. The molecule has 0 saturated carbocycles. The van der Waals surface area contributed by atoms with E-state index < -0.39 is 5.97 Å². The van der Waals surface area contributed by atoms with Crippen molar-refractivity contribution in [2.45, 2.75) is 13.8 Å². The lowest BCUT2D eigenvalue weighted by Crippen LogP contribution is -2.36. The molecule has 114 valence electrons. The highest BCUT2D eigenvalue weighted by Crippen LogP contribution is 2.34. The Balaban J connectivity index is 2.20. The van der Waals surface area contributed by atoms with E-state index in [0.29, 0.717) is 43.4 Å². The van der Waals surface area contributed by atoms with Crippen molar-refractivity contribution in [3.63, 3.8) is 0 Å². The Morgan fingerprint density at radius 3 is 2.71 bits per heavy atom. The van der Waals surface area contributed by atoms with Crippen LogP contribution in [0.5, 0.6) is 11.5 Å². The van der Waals surface area contributed by atoms with Crippen LogP contribution in [-0.4, -0.2) is 49.7 Å². The maximum atomic E-state index is 12.6. The molecule has 0 bridgehead atoms. The first-order valence-corrected chi connectivity index (χ1v) is 7.00. The highest BCUT2D eigenvalue weighted by atomic mass is 16.6. The highest BCUT2D eigenvalue weighted by molar-refractivity contribution is 5.99. The minimum atomic E-state index is -0.422. The number of rotatable bonds is 5. The lowest BCUT2D eigenvalue weighted by atomic mass is 10.1. The van der Waals surface area contributed by atoms with Gasteiger partial charge in [-0.05, 0) is 26.0 Å². The van der Waals surface area contributed by atoms with Gasteiger partial charge >= 0.3 is 5.97 Å². The second-order valence-corrected chi connectivity index (χ2v) is 4.45. The molecule has 1 aliphatic heterocycles. The van der Waals surface area contributed by atoms with E-state index in [0.717, 1.165) is 0 Å². The van der Waals surface area contributed by atoms with E-state index in [2.05, 4.69) is 0 Å². The standard InChI is InChI=1S/C15H19NO5/c1-3-16(10-13(17)19-4-2)15(18)11-6-5-7-12-14(11)21-9-8-20-12/h5-7H,3-4,8-10H2,1-2H3. The monoisotopic (exact) mass is 293 g/mol. The van der Waals surface area contributed by atoms with Gasteiger partial charge in [0.2, 0.25) is 0 Å². The molecule has 0 atom stereocenters. The molecule has 0 spiro atoms. The molecule has 1 aliphatic rings. The van der Waals surface area contributed by atoms with Crippen molar-refractivity contribution in [3.8, 4) is 11.5 Å². The van der Waals surface area contributed by atoms with Gasteiger partial charge in [-0.3, -0.25) is 9.59 Å². The van der Waals surface area contributed by atoms with E-state index in [1.807, 2.05) is 6.92 Å². The first-order valence-electron chi connectivity index (χ1n) is 7.00. The number of ether oxygens (including phenoxy) is 3. The molecule has 1 heterocycles. The average molecular weight is 293 g/mol. The van der Waals surface area contributed by atoms with Gasteiger partial charge < -0.3 is 19.1 Å². The summed E-state index contributed by atoms with van der Waals surface area (Å²) in [6.45, 7) is 5.03. The molecule has 0 aliphatic carbocycles. The highest BCUT2D eigenvalue weighted by Gasteiger charge is 2.25. The van der Waals surface area contributed by atoms with Crippen LogP contribution in [0.3, 0.4) is 0 Å². The van der Waals surface area contributed by atoms with Gasteiger partial charge in [-0.15, -0.1) is 0 Å². The third kappa shape index (κ3) is 3.45. The van der Waals surface area contributed by atoms with E-state index in [1.54, 1.807) is 25.1 Å². The van der Waals surface area contributed by atoms with Crippen molar-refractivity contribution in [3.05, 3.63) is 23.8 Å². The zero-order valence-corrected chi connectivity index (χ0v) is 12.3. The second kappa shape index (κ2) is 6.97. The minimum Gasteiger partial charge on any atom is -0.486 e. The van der Waals surface area contributed by atoms with Crippen molar-refractivity contribution in [1.29, 1.82) is 0 Å². The molecule has 1 aromatic carbocycles. The van der Waals surface area contributed by atoms with E-state index in [1.165, 1.54) is 4.90 Å². The molecule has 2 rings (SSSR count). The van der Waals surface area contributed by atoms with Crippen LogP contribution < -0.4 is 9.47 Å². The van der Waals surface area contributed by atoms with E-state index in [-0.39, 0.29) is 12.5 Å². The number of fused-ring (bicyclic) bond motifs is 1. The molecule has 0 N–H and O–H groups in total. The number of amides is 1. The summed E-state index contributed by atoms with van der Waals surface area (Å²) in [5, 5.41) is 0. The van der Waals surface area contributed by atoms with E-state index in [9.17, 15) is 9.59 Å². The number of carbonyl (C=O) groups excluding carboxylic acids is 2. The minimum absolute atomic E-state index is 0.0757. The Morgan fingerprint density at radius 2 is 2.00 bits per heavy atom. The number of benzene rings is 1. The fourth-order valence-electron chi connectivity index (χ4n) is 2.10. The first-order chi connectivity index (χ1) is 10.2. The molecule has 0 unspecified atom stereocenters. The molecule has 1 aromatic rings. The van der Waals surface area contributed by atoms with Crippen LogP contribution in [0, 0.1) is 0 Å². The molecule has 0 radical (unpaired) electrons. The number of hydrogen-bond donors (Lipinski definition) is 0. The molecular formula is C15H19NO5. The normalized spacial score (nSPS) is 12.7. The summed E-state index contributed by atoms with van der Waals surface area (Å²) in [4.78, 5) is 25.6. The Hall–Kier alpha value is -2.24. The summed E-state index contributed by atoms with van der Waals surface area (Å²) in [5.41, 5.74) is 0.401. The van der Waals surface area contributed by atoms with Crippen LogP contribution >= 0.6 is 0 Å². The van der Waals surface area contributed by atoms with Crippen molar-refractivity contribution in [2.24, 2.45) is 0 Å². The summed E-state index contributed by atoms with van der Waals surface area (Å²) in [5.74, 6) is 0.304. The molecule has 6 heteroatoms. The molecule has 0 aromatic heterocycles. The summed E-state index contributed by atoms with van der Waals surface area (Å²) in [6, 6.07) is 5.16. The molecule has 21 heavy (non-hydrogen) atoms. The lowest BCUT2D eigenvalue weighted by Gasteiger charge is -2.24. The Bertz CT molecular complexity index is 529. The zero-order chi connectivity index (χ0) is 15.2. The fourth-order valence-corrected chi connectivity index (χ4v) is 2.10. The van der Waals surface area contributed by atoms with Gasteiger partial charge in [0.05, 0.1) is 12.2 Å². The summed E-state index contributed by atoms with van der Waals surface area (Å²) >= 11 is 0. The second-order valence-electron chi connectivity index (χ2n) is 4.45. The van der Waals surface area contributed by atoms with Gasteiger partial charge in [0, 0.05) is 6.54 Å². The van der Waals surface area contributed by atoms with Crippen LogP contribution in [0.25, 0.3) is 0 Å². The number of carbonyl (C=O) groups is 2. The van der Waals surface area contributed by atoms with Crippen LogP contribution in [0.15, 0.2) is 18.2 Å². The van der Waals surface area contributed by atoms with Gasteiger partial charge in [-0.1, -0.05) is 6.07 Å². The maximum absolute atomic E-state index is 12.6. The van der Waals surface area contributed by atoms with Crippen LogP contribution in [0.4, 0.5) is 0 Å². The van der Waals surface area contributed by atoms with Crippen LogP contribution in [0.1, 0.15) is 24.2 Å². The molecule has 1 amide bonds. The van der Waals surface area contributed by atoms with Crippen LogP contribution in [-0.2, 0) is 9.53 Å². The SMILES string of the molecule is CCOC(=O)CN(CC)C(=O)c1cccc2c1OCCO2. The predicted octanol–water partition coefficient (Wildman–Crippen LogP) is 1.48. The zero-order valence-electron chi connectivity index (χ0n) is 12.3. The maximum Gasteiger partial charge on any atom is 0.325 e. The van der Waals surface area contributed by atoms with Gasteiger partial charge in [0.25, 0.3) is 5.91 Å². The van der Waals surface area contributed by atoms with Gasteiger partial charge in [0.15, 0.2) is 11.5 Å². The molecule has 6 nitrogen and oxygen atoms in total. The molecule has 0 saturated heterocycles. The topological polar surface area (TPSA) is 65.1 Å². The Labute approximate surface area is 123 Å². The third-order valence-corrected chi connectivity index (χ3v) is 3.09. The number of likely N-dealkylation sites (N-methyl/N-ethyl adjacent to an activating group) is 1. The van der Waals surface area contributed by atoms with Gasteiger partial charge in [-0.2, -0.15) is 0 Å². The predicted molar refractivity (Wildman–Crippen MR) is 75.6 cm³/mol. The Morgan fingerprint density at radius 1 is 1.24 bits per heavy atom. The smallest absolute Gasteiger partial charge is 0.325 e. The summed E-state index contributed by atoms with van der Waals surface area (Å²) in [7, 11) is 0. The number of esters is 1. The lowest BCUT2D eigenvalue weighted by molar-refractivity contribution is -0.143. The first kappa shape index (κ1) is 15.2. The summed E-state index contributed by atoms with van der Waals surface area (Å²) < 4.78 is 15.9. The van der Waals surface area contributed by atoms with Crippen molar-refractivity contribution in [2.75, 3.05) is 32.9 Å². The van der Waals surface area contributed by atoms with Crippen molar-refractivity contribution in [1.82, 2.24) is 4.90 Å². The van der Waals surface area contributed by atoms with Crippen molar-refractivity contribution < 1.29 is 23.8 Å². The fraction of sp³-hybridized carbons (Fsp3) is 0.467. The third-order valence-electron chi connectivity index (χ3n) is 3.09. The quantitative estimate of drug-likeness (QED) is 0.769. The molecular weight excluding hydrogens is 274 g/mol. The van der Waals surface area contributed by atoms with Gasteiger partial charge in [0.1, 0.15) is 19.8 Å². The van der Waals surface area contributed by atoms with Crippen LogP contribution in [0.2, 0.25) is 0 Å². The van der Waals surface area contributed by atoms with E-state index in [4.69, 9.17) is 14.2 Å². The summed E-state index contributed by atoms with van der Waals surface area (Å²) in [6.07, 6.45) is 0. The number of para-hydroxylation sites is 1. The largest absolute Gasteiger partial charge is 0.486 e.